The zero-order valence-electron chi connectivity index (χ0n) is 13.7. The van der Waals surface area contributed by atoms with Crippen LogP contribution in [0, 0.1) is 11.3 Å². The average molecular weight is 308 g/mol. The van der Waals surface area contributed by atoms with Crippen LogP contribution in [0.15, 0.2) is 0 Å². The number of hydrogen-bond donors (Lipinski definition) is 1. The molecule has 2 unspecified atom stereocenters. The Kier molecular flexibility index (Phi) is 4.28. The van der Waals surface area contributed by atoms with Crippen molar-refractivity contribution >= 4 is 16.5 Å². The van der Waals surface area contributed by atoms with E-state index in [1.807, 2.05) is 11.3 Å². The van der Waals surface area contributed by atoms with Crippen molar-refractivity contribution in [3.8, 4) is 0 Å². The molecular formula is C17H29N3S. The monoisotopic (exact) mass is 307 g/mol. The average Bonchev–Trinajstić information content (AvgIpc) is 2.68. The molecule has 1 aliphatic carbocycles. The Morgan fingerprint density at radius 3 is 2.67 bits per heavy atom. The molecule has 3 rings (SSSR count). The topological polar surface area (TPSA) is 42.2 Å². The molecule has 2 atom stereocenters. The van der Waals surface area contributed by atoms with Crippen molar-refractivity contribution < 1.29 is 0 Å². The summed E-state index contributed by atoms with van der Waals surface area (Å²) in [5.41, 5.74) is 7.85. The molecule has 1 aromatic rings. The largest absolute Gasteiger partial charge is 0.348 e. The molecule has 1 fully saturated rings. The van der Waals surface area contributed by atoms with Crippen LogP contribution < -0.4 is 10.6 Å². The van der Waals surface area contributed by atoms with Gasteiger partial charge in [-0.1, -0.05) is 20.8 Å². The molecule has 1 aliphatic heterocycles. The van der Waals surface area contributed by atoms with Crippen molar-refractivity contribution in [2.24, 2.45) is 17.1 Å². The van der Waals surface area contributed by atoms with E-state index < -0.39 is 0 Å². The van der Waals surface area contributed by atoms with Crippen molar-refractivity contribution in [1.29, 1.82) is 0 Å². The second-order valence-corrected chi connectivity index (χ2v) is 8.85. The smallest absolute Gasteiger partial charge is 0.185 e. The minimum atomic E-state index is 0.174. The molecule has 3 nitrogen and oxygen atoms in total. The van der Waals surface area contributed by atoms with Gasteiger partial charge in [0.25, 0.3) is 0 Å². The predicted molar refractivity (Wildman–Crippen MR) is 91.0 cm³/mol. The van der Waals surface area contributed by atoms with Gasteiger partial charge < -0.3 is 10.6 Å². The summed E-state index contributed by atoms with van der Waals surface area (Å²) in [6.07, 6.45) is 7.44. The number of nitrogens with two attached hydrogens (primary N) is 1. The highest BCUT2D eigenvalue weighted by atomic mass is 32.1. The van der Waals surface area contributed by atoms with Gasteiger partial charge in [-0.05, 0) is 49.9 Å². The summed E-state index contributed by atoms with van der Waals surface area (Å²) in [5, 5.41) is 1.23. The molecule has 0 saturated carbocycles. The SMILES string of the molecule is CC(C)(C)C1CCCN(c2nc3c(s2)CCCC3N)CC1. The fraction of sp³-hybridized carbons (Fsp3) is 0.824. The van der Waals surface area contributed by atoms with Gasteiger partial charge in [-0.15, -0.1) is 11.3 Å². The lowest BCUT2D eigenvalue weighted by Crippen LogP contribution is -2.26. The molecule has 1 aromatic heterocycles. The zero-order valence-corrected chi connectivity index (χ0v) is 14.5. The first kappa shape index (κ1) is 15.3. The van der Waals surface area contributed by atoms with E-state index in [2.05, 4.69) is 25.7 Å². The van der Waals surface area contributed by atoms with Crippen LogP contribution in [0.4, 0.5) is 5.13 Å². The molecule has 2 heterocycles. The quantitative estimate of drug-likeness (QED) is 0.848. The zero-order chi connectivity index (χ0) is 15.0. The van der Waals surface area contributed by atoms with E-state index in [0.717, 1.165) is 25.4 Å². The number of hydrogen-bond acceptors (Lipinski definition) is 4. The Bertz CT molecular complexity index is 489. The highest BCUT2D eigenvalue weighted by Crippen LogP contribution is 2.38. The van der Waals surface area contributed by atoms with Gasteiger partial charge in [0.15, 0.2) is 5.13 Å². The number of anilines is 1. The lowest BCUT2D eigenvalue weighted by molar-refractivity contribution is 0.220. The first-order valence-corrected chi connectivity index (χ1v) is 9.27. The third-order valence-electron chi connectivity index (χ3n) is 5.21. The van der Waals surface area contributed by atoms with E-state index in [1.54, 1.807) is 0 Å². The van der Waals surface area contributed by atoms with Crippen LogP contribution in [-0.2, 0) is 6.42 Å². The molecule has 21 heavy (non-hydrogen) atoms. The van der Waals surface area contributed by atoms with E-state index in [0.29, 0.717) is 5.41 Å². The maximum absolute atomic E-state index is 6.22. The van der Waals surface area contributed by atoms with Crippen molar-refractivity contribution in [3.05, 3.63) is 10.6 Å². The van der Waals surface area contributed by atoms with Crippen LogP contribution in [0.2, 0.25) is 0 Å². The number of thiazole rings is 1. The van der Waals surface area contributed by atoms with Crippen LogP contribution in [0.3, 0.4) is 0 Å². The van der Waals surface area contributed by atoms with Crippen LogP contribution in [0.25, 0.3) is 0 Å². The summed E-state index contributed by atoms with van der Waals surface area (Å²) in [7, 11) is 0. The van der Waals surface area contributed by atoms with Gasteiger partial charge in [0.2, 0.25) is 0 Å². The highest BCUT2D eigenvalue weighted by molar-refractivity contribution is 7.15. The standard InChI is InChI=1S/C17H29N3S/c1-17(2,3)12-6-5-10-20(11-9-12)16-19-15-13(18)7-4-8-14(15)21-16/h12-13H,4-11,18H2,1-3H3. The lowest BCUT2D eigenvalue weighted by Gasteiger charge is -2.29. The van der Waals surface area contributed by atoms with E-state index in [1.165, 1.54) is 47.8 Å². The predicted octanol–water partition coefficient (Wildman–Crippen LogP) is 4.13. The number of aromatic nitrogens is 1. The number of aryl methyl sites for hydroxylation is 1. The Balaban J connectivity index is 1.73. The molecule has 2 aliphatic rings. The molecule has 2 N–H and O–H groups in total. The molecule has 0 bridgehead atoms. The summed E-state index contributed by atoms with van der Waals surface area (Å²) in [5.74, 6) is 0.833. The summed E-state index contributed by atoms with van der Waals surface area (Å²) in [4.78, 5) is 8.86. The first-order valence-electron chi connectivity index (χ1n) is 8.45. The summed E-state index contributed by atoms with van der Waals surface area (Å²) in [6, 6.07) is 0.174. The minimum absolute atomic E-state index is 0.174. The molecule has 0 aromatic carbocycles. The maximum atomic E-state index is 6.22. The minimum Gasteiger partial charge on any atom is -0.348 e. The molecule has 1 saturated heterocycles. The fourth-order valence-corrected chi connectivity index (χ4v) is 4.95. The number of nitrogens with zero attached hydrogens (tertiary/aromatic N) is 2. The van der Waals surface area contributed by atoms with Crippen molar-refractivity contribution in [2.45, 2.75) is 65.3 Å². The molecule has 0 amide bonds. The second kappa shape index (κ2) is 5.88. The fourth-order valence-electron chi connectivity index (χ4n) is 3.73. The van der Waals surface area contributed by atoms with Gasteiger partial charge in [-0.25, -0.2) is 4.98 Å². The third kappa shape index (κ3) is 3.26. The molecule has 0 spiro atoms. The van der Waals surface area contributed by atoms with Crippen LogP contribution >= 0.6 is 11.3 Å². The van der Waals surface area contributed by atoms with Gasteiger partial charge in [-0.3, -0.25) is 0 Å². The summed E-state index contributed by atoms with van der Waals surface area (Å²) >= 11 is 1.90. The van der Waals surface area contributed by atoms with E-state index in [9.17, 15) is 0 Å². The van der Waals surface area contributed by atoms with Gasteiger partial charge in [0.1, 0.15) is 0 Å². The summed E-state index contributed by atoms with van der Waals surface area (Å²) < 4.78 is 0. The van der Waals surface area contributed by atoms with Gasteiger partial charge in [0, 0.05) is 24.0 Å². The Morgan fingerprint density at radius 1 is 1.14 bits per heavy atom. The third-order valence-corrected chi connectivity index (χ3v) is 6.40. The molecule has 4 heteroatoms. The normalized spacial score (nSPS) is 27.3. The Morgan fingerprint density at radius 2 is 1.95 bits per heavy atom. The van der Waals surface area contributed by atoms with E-state index >= 15 is 0 Å². The number of fused-ring (bicyclic) bond motifs is 1. The molecular weight excluding hydrogens is 278 g/mol. The van der Waals surface area contributed by atoms with Crippen molar-refractivity contribution in [1.82, 2.24) is 4.98 Å². The van der Waals surface area contributed by atoms with Crippen LogP contribution in [0.1, 0.15) is 69.5 Å². The van der Waals surface area contributed by atoms with Crippen LogP contribution in [0.5, 0.6) is 0 Å². The van der Waals surface area contributed by atoms with E-state index in [-0.39, 0.29) is 6.04 Å². The Hall–Kier alpha value is -0.610. The molecule has 0 radical (unpaired) electrons. The van der Waals surface area contributed by atoms with Gasteiger partial charge in [0.05, 0.1) is 5.69 Å². The Labute approximate surface area is 132 Å². The van der Waals surface area contributed by atoms with Crippen molar-refractivity contribution in [2.75, 3.05) is 18.0 Å². The van der Waals surface area contributed by atoms with Crippen LogP contribution in [-0.4, -0.2) is 18.1 Å². The first-order chi connectivity index (χ1) is 9.95. The number of rotatable bonds is 1. The second-order valence-electron chi connectivity index (χ2n) is 7.78. The van der Waals surface area contributed by atoms with Gasteiger partial charge >= 0.3 is 0 Å². The maximum Gasteiger partial charge on any atom is 0.185 e. The highest BCUT2D eigenvalue weighted by Gasteiger charge is 2.29. The lowest BCUT2D eigenvalue weighted by atomic mass is 9.77. The van der Waals surface area contributed by atoms with Crippen molar-refractivity contribution in [3.63, 3.8) is 0 Å². The summed E-state index contributed by atoms with van der Waals surface area (Å²) in [6.45, 7) is 9.47. The van der Waals surface area contributed by atoms with E-state index in [4.69, 9.17) is 10.7 Å². The molecule has 118 valence electrons. The van der Waals surface area contributed by atoms with Gasteiger partial charge in [-0.2, -0.15) is 0 Å².